The summed E-state index contributed by atoms with van der Waals surface area (Å²) >= 11 is 0. The number of anilines is 1. The summed E-state index contributed by atoms with van der Waals surface area (Å²) in [6.45, 7) is 3.57. The van der Waals surface area contributed by atoms with Crippen LogP contribution in [-0.4, -0.2) is 17.4 Å². The Labute approximate surface area is 134 Å². The van der Waals surface area contributed by atoms with E-state index in [4.69, 9.17) is 4.74 Å². The largest absolute Gasteiger partial charge is 0.484 e. The molecule has 0 saturated heterocycles. The van der Waals surface area contributed by atoms with Gasteiger partial charge in [-0.25, -0.2) is 0 Å². The number of nitrogens with one attached hydrogen (secondary N) is 1. The predicted octanol–water partition coefficient (Wildman–Crippen LogP) is 3.48. The van der Waals surface area contributed by atoms with Crippen LogP contribution >= 0.6 is 0 Å². The van der Waals surface area contributed by atoms with Crippen molar-refractivity contribution in [2.45, 2.75) is 20.3 Å². The summed E-state index contributed by atoms with van der Waals surface area (Å²) in [5.74, 6) is 0.301. The lowest BCUT2D eigenvalue weighted by Crippen LogP contribution is -2.20. The molecule has 0 aromatic heterocycles. The highest BCUT2D eigenvalue weighted by Gasteiger charge is 2.11. The van der Waals surface area contributed by atoms with Crippen molar-refractivity contribution in [1.82, 2.24) is 0 Å². The van der Waals surface area contributed by atoms with Crippen molar-refractivity contribution in [3.8, 4) is 5.75 Å². The summed E-state index contributed by atoms with van der Waals surface area (Å²) in [6, 6.07) is 12.0. The van der Waals surface area contributed by atoms with Crippen LogP contribution in [0.1, 0.15) is 18.1 Å². The van der Waals surface area contributed by atoms with Gasteiger partial charge in [-0.1, -0.05) is 19.1 Å². The van der Waals surface area contributed by atoms with Gasteiger partial charge in [0.2, 0.25) is 0 Å². The number of benzene rings is 2. The summed E-state index contributed by atoms with van der Waals surface area (Å²) in [5, 5.41) is 13.4. The van der Waals surface area contributed by atoms with Crippen LogP contribution in [0.5, 0.6) is 5.75 Å². The number of aryl methyl sites for hydroxylation is 2. The van der Waals surface area contributed by atoms with E-state index < -0.39 is 4.92 Å². The molecule has 0 unspecified atom stereocenters. The normalized spacial score (nSPS) is 10.2. The van der Waals surface area contributed by atoms with E-state index in [2.05, 4.69) is 12.2 Å². The maximum atomic E-state index is 11.9. The molecule has 2 aromatic carbocycles. The zero-order chi connectivity index (χ0) is 16.8. The van der Waals surface area contributed by atoms with Crippen LogP contribution in [0.2, 0.25) is 0 Å². The molecule has 2 aromatic rings. The molecule has 2 rings (SSSR count). The van der Waals surface area contributed by atoms with Crippen LogP contribution in [0.3, 0.4) is 0 Å². The lowest BCUT2D eigenvalue weighted by molar-refractivity contribution is -0.385. The number of nitro groups is 1. The van der Waals surface area contributed by atoms with Gasteiger partial charge in [0, 0.05) is 17.3 Å². The topological polar surface area (TPSA) is 81.5 Å². The van der Waals surface area contributed by atoms with Crippen LogP contribution in [0, 0.1) is 17.0 Å². The van der Waals surface area contributed by atoms with Gasteiger partial charge in [-0.15, -0.1) is 0 Å². The second-order valence-corrected chi connectivity index (χ2v) is 5.09. The van der Waals surface area contributed by atoms with Gasteiger partial charge < -0.3 is 10.1 Å². The molecule has 0 radical (unpaired) electrons. The fourth-order valence-corrected chi connectivity index (χ4v) is 2.11. The van der Waals surface area contributed by atoms with E-state index in [0.29, 0.717) is 17.0 Å². The number of carbonyl (C=O) groups is 1. The first-order valence-corrected chi connectivity index (χ1v) is 7.26. The molecule has 0 aliphatic heterocycles. The first-order chi connectivity index (χ1) is 11.0. The Morgan fingerprint density at radius 2 is 1.91 bits per heavy atom. The second kappa shape index (κ2) is 7.40. The lowest BCUT2D eigenvalue weighted by atomic mass is 10.2. The Balaban J connectivity index is 1.91. The van der Waals surface area contributed by atoms with Crippen LogP contribution in [0.15, 0.2) is 42.5 Å². The lowest BCUT2D eigenvalue weighted by Gasteiger charge is -2.08. The molecule has 0 saturated carbocycles. The van der Waals surface area contributed by atoms with Gasteiger partial charge in [-0.2, -0.15) is 0 Å². The SMILES string of the molecule is CCc1ccc(OCC(=O)Nc2ccc([N+](=O)[O-])c(C)c2)cc1. The molecule has 1 amide bonds. The van der Waals surface area contributed by atoms with Gasteiger partial charge in [-0.3, -0.25) is 14.9 Å². The Hall–Kier alpha value is -2.89. The molecule has 120 valence electrons. The maximum Gasteiger partial charge on any atom is 0.272 e. The number of hydrogen-bond donors (Lipinski definition) is 1. The first-order valence-electron chi connectivity index (χ1n) is 7.26. The van der Waals surface area contributed by atoms with Crippen LogP contribution in [-0.2, 0) is 11.2 Å². The molecule has 23 heavy (non-hydrogen) atoms. The summed E-state index contributed by atoms with van der Waals surface area (Å²) in [7, 11) is 0. The van der Waals surface area contributed by atoms with Crippen molar-refractivity contribution >= 4 is 17.3 Å². The molecule has 6 nitrogen and oxygen atoms in total. The molecular formula is C17H18N2O4. The highest BCUT2D eigenvalue weighted by atomic mass is 16.6. The van der Waals surface area contributed by atoms with Crippen LogP contribution in [0.4, 0.5) is 11.4 Å². The molecule has 0 fully saturated rings. The van der Waals surface area contributed by atoms with E-state index >= 15 is 0 Å². The molecule has 0 aliphatic carbocycles. The number of ether oxygens (including phenoxy) is 1. The van der Waals surface area contributed by atoms with Crippen LogP contribution < -0.4 is 10.1 Å². The van der Waals surface area contributed by atoms with Gasteiger partial charge >= 0.3 is 0 Å². The third-order valence-electron chi connectivity index (χ3n) is 3.38. The Morgan fingerprint density at radius 1 is 1.22 bits per heavy atom. The van der Waals surface area contributed by atoms with E-state index in [9.17, 15) is 14.9 Å². The highest BCUT2D eigenvalue weighted by molar-refractivity contribution is 5.92. The Morgan fingerprint density at radius 3 is 2.48 bits per heavy atom. The Kier molecular flexibility index (Phi) is 5.30. The predicted molar refractivity (Wildman–Crippen MR) is 87.8 cm³/mol. The standard InChI is InChI=1S/C17H18N2O4/c1-3-13-4-7-15(8-5-13)23-11-17(20)18-14-6-9-16(19(21)22)12(2)10-14/h4-10H,3,11H2,1-2H3,(H,18,20). The number of rotatable bonds is 6. The molecule has 1 N–H and O–H groups in total. The average Bonchev–Trinajstić information content (AvgIpc) is 2.53. The van der Waals surface area contributed by atoms with E-state index in [-0.39, 0.29) is 18.2 Å². The minimum Gasteiger partial charge on any atom is -0.484 e. The third-order valence-corrected chi connectivity index (χ3v) is 3.38. The van der Waals surface area contributed by atoms with Gasteiger partial charge in [0.15, 0.2) is 6.61 Å². The van der Waals surface area contributed by atoms with Gasteiger partial charge in [0.1, 0.15) is 5.75 Å². The van der Waals surface area contributed by atoms with Crippen LogP contribution in [0.25, 0.3) is 0 Å². The summed E-state index contributed by atoms with van der Waals surface area (Å²) in [6.07, 6.45) is 0.945. The monoisotopic (exact) mass is 314 g/mol. The van der Waals surface area contributed by atoms with Crippen molar-refractivity contribution in [2.24, 2.45) is 0 Å². The molecule has 6 heteroatoms. The molecular weight excluding hydrogens is 296 g/mol. The smallest absolute Gasteiger partial charge is 0.272 e. The van der Waals surface area contributed by atoms with Gasteiger partial charge in [-0.05, 0) is 43.2 Å². The molecule has 0 spiro atoms. The van der Waals surface area contributed by atoms with E-state index in [1.54, 1.807) is 13.0 Å². The average molecular weight is 314 g/mol. The Bertz CT molecular complexity index is 711. The number of nitro benzene ring substituents is 1. The summed E-state index contributed by atoms with van der Waals surface area (Å²) in [5.41, 5.74) is 2.21. The van der Waals surface area contributed by atoms with Crippen molar-refractivity contribution in [3.05, 3.63) is 63.7 Å². The highest BCUT2D eigenvalue weighted by Crippen LogP contribution is 2.21. The molecule has 0 atom stereocenters. The fourth-order valence-electron chi connectivity index (χ4n) is 2.11. The number of nitrogens with zero attached hydrogens (tertiary/aromatic N) is 1. The molecule has 0 heterocycles. The van der Waals surface area contributed by atoms with E-state index in [0.717, 1.165) is 6.42 Å². The van der Waals surface area contributed by atoms with E-state index in [1.165, 1.54) is 17.7 Å². The second-order valence-electron chi connectivity index (χ2n) is 5.09. The van der Waals surface area contributed by atoms with Crippen molar-refractivity contribution < 1.29 is 14.5 Å². The van der Waals surface area contributed by atoms with Gasteiger partial charge in [0.05, 0.1) is 4.92 Å². The molecule has 0 aliphatic rings. The fraction of sp³-hybridized carbons (Fsp3) is 0.235. The summed E-state index contributed by atoms with van der Waals surface area (Å²) in [4.78, 5) is 22.2. The first kappa shape index (κ1) is 16.5. The minimum absolute atomic E-state index is 0.0234. The van der Waals surface area contributed by atoms with Crippen molar-refractivity contribution in [3.63, 3.8) is 0 Å². The quantitative estimate of drug-likeness (QED) is 0.653. The third kappa shape index (κ3) is 4.54. The number of amides is 1. The summed E-state index contributed by atoms with van der Waals surface area (Å²) < 4.78 is 5.41. The zero-order valence-corrected chi connectivity index (χ0v) is 13.0. The van der Waals surface area contributed by atoms with Gasteiger partial charge in [0.25, 0.3) is 11.6 Å². The number of carbonyl (C=O) groups excluding carboxylic acids is 1. The minimum atomic E-state index is -0.454. The van der Waals surface area contributed by atoms with Crippen molar-refractivity contribution in [2.75, 3.05) is 11.9 Å². The van der Waals surface area contributed by atoms with Crippen molar-refractivity contribution in [1.29, 1.82) is 0 Å². The molecule has 0 bridgehead atoms. The number of hydrogen-bond acceptors (Lipinski definition) is 4. The maximum absolute atomic E-state index is 11.9. The van der Waals surface area contributed by atoms with E-state index in [1.807, 2.05) is 24.3 Å². The zero-order valence-electron chi connectivity index (χ0n) is 13.0.